The number of benzene rings is 2. The fraction of sp³-hybridized carbons (Fsp3) is 0.250. The van der Waals surface area contributed by atoms with Gasteiger partial charge in [0.1, 0.15) is 6.04 Å². The van der Waals surface area contributed by atoms with Crippen LogP contribution < -0.4 is 10.2 Å². The van der Waals surface area contributed by atoms with E-state index in [0.717, 1.165) is 5.56 Å². The summed E-state index contributed by atoms with van der Waals surface area (Å²) < 4.78 is 23.7. The van der Waals surface area contributed by atoms with Crippen LogP contribution in [-0.2, 0) is 14.6 Å². The second-order valence-corrected chi connectivity index (χ2v) is 8.91. The smallest absolute Gasteiger partial charge is 0.282 e. The number of hydrogen-bond donors (Lipinski definition) is 1. The number of nitrogens with zero attached hydrogens (tertiary/aromatic N) is 1. The van der Waals surface area contributed by atoms with Crippen molar-refractivity contribution in [1.29, 1.82) is 0 Å². The second kappa shape index (κ2) is 8.25. The molecular formula is C20H22ClN2O3S+. The zero-order valence-electron chi connectivity index (χ0n) is 15.0. The number of nitrogens with two attached hydrogens (primary N) is 1. The molecule has 0 aliphatic carbocycles. The van der Waals surface area contributed by atoms with Gasteiger partial charge in [-0.2, -0.15) is 0 Å². The van der Waals surface area contributed by atoms with Crippen LogP contribution in [0.25, 0.3) is 0 Å². The molecule has 142 valence electrons. The number of hydrogen-bond acceptors (Lipinski definition) is 3. The summed E-state index contributed by atoms with van der Waals surface area (Å²) in [6, 6.07) is 16.2. The molecule has 5 nitrogen and oxygen atoms in total. The van der Waals surface area contributed by atoms with Crippen molar-refractivity contribution in [3.8, 4) is 0 Å². The summed E-state index contributed by atoms with van der Waals surface area (Å²) in [6.07, 6.45) is 1.58. The summed E-state index contributed by atoms with van der Waals surface area (Å²) in [5.41, 5.74) is 1.65. The van der Waals surface area contributed by atoms with Crippen molar-refractivity contribution < 1.29 is 18.5 Å². The average molecular weight is 406 g/mol. The third-order valence-electron chi connectivity index (χ3n) is 4.59. The highest BCUT2D eigenvalue weighted by Gasteiger charge is 2.32. The fourth-order valence-corrected chi connectivity index (χ4v) is 4.75. The van der Waals surface area contributed by atoms with Gasteiger partial charge >= 0.3 is 0 Å². The molecule has 1 amide bonds. The summed E-state index contributed by atoms with van der Waals surface area (Å²) in [6.45, 7) is 2.17. The van der Waals surface area contributed by atoms with Crippen LogP contribution in [0.2, 0.25) is 5.02 Å². The number of anilines is 1. The Balaban J connectivity index is 1.76. The molecule has 2 aromatic carbocycles. The number of carbonyl (C=O) groups excluding carboxylic acids is 1. The molecule has 3 rings (SSSR count). The Morgan fingerprint density at radius 2 is 1.85 bits per heavy atom. The minimum absolute atomic E-state index is 0.00289. The van der Waals surface area contributed by atoms with E-state index in [1.54, 1.807) is 11.0 Å². The molecule has 0 fully saturated rings. The van der Waals surface area contributed by atoms with E-state index in [-0.39, 0.29) is 24.2 Å². The van der Waals surface area contributed by atoms with Gasteiger partial charge in [0.15, 0.2) is 16.4 Å². The first-order chi connectivity index (χ1) is 12.9. The van der Waals surface area contributed by atoms with Crippen LogP contribution >= 0.6 is 11.6 Å². The fourth-order valence-electron chi connectivity index (χ4n) is 3.18. The molecule has 0 radical (unpaired) electrons. The van der Waals surface area contributed by atoms with Gasteiger partial charge in [0.25, 0.3) is 5.91 Å². The van der Waals surface area contributed by atoms with Crippen LogP contribution in [0.1, 0.15) is 18.5 Å². The predicted octanol–water partition coefficient (Wildman–Crippen LogP) is 2.31. The summed E-state index contributed by atoms with van der Waals surface area (Å²) >= 11 is 6.24. The topological polar surface area (TPSA) is 71.1 Å². The zero-order chi connectivity index (χ0) is 19.4. The normalized spacial score (nSPS) is 19.0. The maximum atomic E-state index is 13.0. The number of quaternary nitrogens is 1. The molecule has 2 atom stereocenters. The van der Waals surface area contributed by atoms with Crippen LogP contribution in [0.4, 0.5) is 5.69 Å². The lowest BCUT2D eigenvalue weighted by atomic mass is 10.1. The molecule has 7 heteroatoms. The van der Waals surface area contributed by atoms with E-state index in [2.05, 4.69) is 0 Å². The van der Waals surface area contributed by atoms with Crippen LogP contribution in [0.5, 0.6) is 0 Å². The first-order valence-electron chi connectivity index (χ1n) is 8.73. The van der Waals surface area contributed by atoms with E-state index in [1.807, 2.05) is 66.8 Å². The van der Waals surface area contributed by atoms with Gasteiger partial charge in [0.05, 0.1) is 11.8 Å². The third-order valence-corrected chi connectivity index (χ3v) is 6.31. The molecule has 2 N–H and O–H groups in total. The van der Waals surface area contributed by atoms with Gasteiger partial charge in [0, 0.05) is 21.7 Å². The van der Waals surface area contributed by atoms with Gasteiger partial charge in [-0.05, 0) is 31.2 Å². The first-order valence-corrected chi connectivity index (χ1v) is 10.8. The average Bonchev–Trinajstić information content (AvgIpc) is 3.00. The number of para-hydroxylation sites is 1. The number of carbonyl (C=O) groups is 1. The number of rotatable bonds is 6. The van der Waals surface area contributed by atoms with Crippen LogP contribution in [0.15, 0.2) is 66.1 Å². The minimum atomic E-state index is -3.26. The second-order valence-electron chi connectivity index (χ2n) is 6.57. The van der Waals surface area contributed by atoms with E-state index in [9.17, 15) is 13.2 Å². The van der Waals surface area contributed by atoms with E-state index < -0.39 is 15.9 Å². The van der Waals surface area contributed by atoms with E-state index in [4.69, 9.17) is 11.6 Å². The maximum Gasteiger partial charge on any atom is 0.282 e. The summed E-state index contributed by atoms with van der Waals surface area (Å²) in [5, 5.41) is 3.77. The van der Waals surface area contributed by atoms with Crippen LogP contribution in [0.3, 0.4) is 0 Å². The van der Waals surface area contributed by atoms with Crippen molar-refractivity contribution in [2.24, 2.45) is 0 Å². The van der Waals surface area contributed by atoms with Gasteiger partial charge < -0.3 is 5.32 Å². The Hall–Kier alpha value is -2.15. The number of halogens is 1. The van der Waals surface area contributed by atoms with E-state index in [1.165, 1.54) is 5.41 Å². The SMILES string of the molecule is C[C@@H]([NH2+]CC(=O)N(c1ccccc1)[C@@H]1C=CS(=O)(=O)C1)c1ccccc1Cl. The van der Waals surface area contributed by atoms with Crippen molar-refractivity contribution in [2.75, 3.05) is 17.2 Å². The number of amides is 1. The highest BCUT2D eigenvalue weighted by atomic mass is 35.5. The Morgan fingerprint density at radius 1 is 1.19 bits per heavy atom. The molecule has 1 aliphatic rings. The molecule has 1 heterocycles. The Bertz CT molecular complexity index is 945. The van der Waals surface area contributed by atoms with E-state index >= 15 is 0 Å². The Labute approximate surface area is 164 Å². The summed E-state index contributed by atoms with van der Waals surface area (Å²) in [4.78, 5) is 14.6. The van der Waals surface area contributed by atoms with Crippen LogP contribution in [-0.4, -0.2) is 32.7 Å². The van der Waals surface area contributed by atoms with Gasteiger partial charge in [0.2, 0.25) is 0 Å². The standard InChI is InChI=1S/C20H21ClN2O3S/c1-15(18-9-5-6-10-19(18)21)22-13-20(24)23(16-7-3-2-4-8-16)17-11-12-27(25,26)14-17/h2-12,15,17,22H,13-14H2,1H3/p+1/t15-,17-/m1/s1. The van der Waals surface area contributed by atoms with Crippen molar-refractivity contribution in [2.45, 2.75) is 19.0 Å². The summed E-state index contributed by atoms with van der Waals surface area (Å²) in [7, 11) is -3.26. The lowest BCUT2D eigenvalue weighted by molar-refractivity contribution is -0.682. The highest BCUT2D eigenvalue weighted by molar-refractivity contribution is 7.94. The van der Waals surface area contributed by atoms with Gasteiger partial charge in [-0.25, -0.2) is 8.42 Å². The zero-order valence-corrected chi connectivity index (χ0v) is 16.5. The van der Waals surface area contributed by atoms with Crippen molar-refractivity contribution in [3.05, 3.63) is 76.7 Å². The molecule has 0 bridgehead atoms. The van der Waals surface area contributed by atoms with Gasteiger partial charge in [-0.15, -0.1) is 0 Å². The quantitative estimate of drug-likeness (QED) is 0.801. The van der Waals surface area contributed by atoms with Crippen molar-refractivity contribution in [3.63, 3.8) is 0 Å². The maximum absolute atomic E-state index is 13.0. The minimum Gasteiger partial charge on any atom is -0.332 e. The predicted molar refractivity (Wildman–Crippen MR) is 107 cm³/mol. The first kappa shape index (κ1) is 19.6. The monoisotopic (exact) mass is 405 g/mol. The highest BCUT2D eigenvalue weighted by Crippen LogP contribution is 2.23. The molecule has 0 saturated heterocycles. The lowest BCUT2D eigenvalue weighted by Gasteiger charge is -2.27. The molecular weight excluding hydrogens is 384 g/mol. The van der Waals surface area contributed by atoms with Crippen molar-refractivity contribution >= 4 is 33.0 Å². The largest absolute Gasteiger partial charge is 0.332 e. The molecule has 0 aromatic heterocycles. The molecule has 0 unspecified atom stereocenters. The molecule has 27 heavy (non-hydrogen) atoms. The molecule has 1 aliphatic heterocycles. The number of sulfone groups is 1. The Morgan fingerprint density at radius 3 is 2.48 bits per heavy atom. The summed E-state index contributed by atoms with van der Waals surface area (Å²) in [5.74, 6) is -0.236. The van der Waals surface area contributed by atoms with Gasteiger partial charge in [-0.3, -0.25) is 9.69 Å². The van der Waals surface area contributed by atoms with E-state index in [0.29, 0.717) is 10.7 Å². The van der Waals surface area contributed by atoms with Crippen LogP contribution in [0, 0.1) is 0 Å². The molecule has 0 saturated carbocycles. The molecule has 2 aromatic rings. The van der Waals surface area contributed by atoms with Crippen molar-refractivity contribution in [1.82, 2.24) is 0 Å². The lowest BCUT2D eigenvalue weighted by Crippen LogP contribution is -2.87. The molecule has 0 spiro atoms. The third kappa shape index (κ3) is 4.77. The van der Waals surface area contributed by atoms with Gasteiger partial charge in [-0.1, -0.05) is 48.0 Å². The Kier molecular flexibility index (Phi) is 5.99.